The molecule has 0 spiro atoms. The van der Waals surface area contributed by atoms with Crippen molar-refractivity contribution >= 4 is 35.2 Å². The number of thioether (sulfide) groups is 1. The van der Waals surface area contributed by atoms with Gasteiger partial charge in [0.1, 0.15) is 5.75 Å². The summed E-state index contributed by atoms with van der Waals surface area (Å²) < 4.78 is 15.8. The molecule has 0 amide bonds. The first-order valence-electron chi connectivity index (χ1n) is 7.40. The zero-order valence-electron chi connectivity index (χ0n) is 14.5. The van der Waals surface area contributed by atoms with Gasteiger partial charge in [-0.3, -0.25) is 4.79 Å². The Morgan fingerprint density at radius 1 is 1.08 bits per heavy atom. The van der Waals surface area contributed by atoms with E-state index in [4.69, 9.17) is 25.8 Å². The minimum Gasteiger partial charge on any atom is -0.497 e. The third-order valence-electron chi connectivity index (χ3n) is 3.57. The predicted molar refractivity (Wildman–Crippen MR) is 103 cm³/mol. The van der Waals surface area contributed by atoms with Crippen LogP contribution in [0.25, 0.3) is 6.08 Å². The van der Waals surface area contributed by atoms with Crippen molar-refractivity contribution < 1.29 is 19.0 Å². The van der Waals surface area contributed by atoms with Gasteiger partial charge in [-0.15, -0.1) is 11.8 Å². The van der Waals surface area contributed by atoms with Gasteiger partial charge in [-0.2, -0.15) is 0 Å². The number of carbonyl (C=O) groups is 1. The molecule has 6 heteroatoms. The number of halogens is 1. The zero-order valence-corrected chi connectivity index (χ0v) is 16.0. The quantitative estimate of drug-likeness (QED) is 0.386. The number of ketones is 1. The van der Waals surface area contributed by atoms with Gasteiger partial charge in [-0.05, 0) is 54.3 Å². The average molecular weight is 379 g/mol. The topological polar surface area (TPSA) is 44.8 Å². The normalized spacial score (nSPS) is 10.8. The van der Waals surface area contributed by atoms with Crippen molar-refractivity contribution in [1.82, 2.24) is 0 Å². The van der Waals surface area contributed by atoms with Gasteiger partial charge in [0.2, 0.25) is 0 Å². The number of carbonyl (C=O) groups excluding carboxylic acids is 1. The molecule has 0 saturated heterocycles. The highest BCUT2D eigenvalue weighted by molar-refractivity contribution is 7.98. The average Bonchev–Trinajstić information content (AvgIpc) is 2.65. The lowest BCUT2D eigenvalue weighted by Gasteiger charge is -2.12. The van der Waals surface area contributed by atoms with Crippen LogP contribution >= 0.6 is 23.4 Å². The molecule has 0 heterocycles. The van der Waals surface area contributed by atoms with Crippen LogP contribution in [0.3, 0.4) is 0 Å². The fourth-order valence-electron chi connectivity index (χ4n) is 2.26. The number of hydrogen-bond donors (Lipinski definition) is 0. The number of methoxy groups -OCH3 is 3. The summed E-state index contributed by atoms with van der Waals surface area (Å²) in [5.41, 5.74) is 1.25. The Hall–Kier alpha value is -2.11. The third kappa shape index (κ3) is 4.50. The number of benzene rings is 2. The van der Waals surface area contributed by atoms with Crippen LogP contribution in [-0.4, -0.2) is 33.4 Å². The van der Waals surface area contributed by atoms with E-state index in [9.17, 15) is 4.79 Å². The second kappa shape index (κ2) is 8.83. The predicted octanol–water partition coefficient (Wildman–Crippen LogP) is 4.98. The van der Waals surface area contributed by atoms with E-state index in [0.29, 0.717) is 27.8 Å². The molecule has 4 nitrogen and oxygen atoms in total. The van der Waals surface area contributed by atoms with Gasteiger partial charge in [0.25, 0.3) is 0 Å². The van der Waals surface area contributed by atoms with E-state index in [2.05, 4.69) is 0 Å². The Kier molecular flexibility index (Phi) is 6.79. The molecule has 0 fully saturated rings. The van der Waals surface area contributed by atoms with Crippen LogP contribution in [0.5, 0.6) is 17.2 Å². The van der Waals surface area contributed by atoms with Gasteiger partial charge >= 0.3 is 0 Å². The van der Waals surface area contributed by atoms with Crippen LogP contribution < -0.4 is 14.2 Å². The zero-order chi connectivity index (χ0) is 18.4. The molecule has 2 aromatic rings. The SMILES string of the molecule is COc1ccc(/C=C/C(=O)c2cc(OC)c(OC)c(SC)c2)c(Cl)c1. The van der Waals surface area contributed by atoms with Crippen molar-refractivity contribution in [2.75, 3.05) is 27.6 Å². The maximum atomic E-state index is 12.5. The van der Waals surface area contributed by atoms with Crippen LogP contribution in [0.1, 0.15) is 15.9 Å². The summed E-state index contributed by atoms with van der Waals surface area (Å²) in [6.07, 6.45) is 5.08. The second-order valence-corrected chi connectivity index (χ2v) is 6.25. The van der Waals surface area contributed by atoms with Crippen LogP contribution in [0.15, 0.2) is 41.3 Å². The molecule has 0 radical (unpaired) electrons. The molecule has 0 aliphatic rings. The molecule has 25 heavy (non-hydrogen) atoms. The molecule has 0 atom stereocenters. The van der Waals surface area contributed by atoms with Crippen LogP contribution in [0.2, 0.25) is 5.02 Å². The second-order valence-electron chi connectivity index (χ2n) is 5.00. The highest BCUT2D eigenvalue weighted by Crippen LogP contribution is 2.38. The number of allylic oxidation sites excluding steroid dienone is 1. The molecule has 2 rings (SSSR count). The fourth-order valence-corrected chi connectivity index (χ4v) is 3.10. The van der Waals surface area contributed by atoms with Crippen LogP contribution in [-0.2, 0) is 0 Å². The Labute approximate surface area is 156 Å². The van der Waals surface area contributed by atoms with E-state index in [-0.39, 0.29) is 5.78 Å². The molecule has 0 bridgehead atoms. The summed E-state index contributed by atoms with van der Waals surface area (Å²) >= 11 is 7.68. The Bertz CT molecular complexity index is 777. The summed E-state index contributed by atoms with van der Waals surface area (Å²) in [4.78, 5) is 13.4. The molecule has 0 aliphatic heterocycles. The maximum Gasteiger partial charge on any atom is 0.186 e. The molecule has 0 aliphatic carbocycles. The summed E-state index contributed by atoms with van der Waals surface area (Å²) in [7, 11) is 4.69. The van der Waals surface area contributed by atoms with Crippen LogP contribution in [0.4, 0.5) is 0 Å². The minimum absolute atomic E-state index is 0.150. The van der Waals surface area contributed by atoms with Crippen molar-refractivity contribution in [3.05, 3.63) is 52.6 Å². The smallest absolute Gasteiger partial charge is 0.186 e. The largest absolute Gasteiger partial charge is 0.497 e. The lowest BCUT2D eigenvalue weighted by molar-refractivity contribution is 0.104. The Balaban J connectivity index is 2.31. The molecule has 0 unspecified atom stereocenters. The molecule has 2 aromatic carbocycles. The number of hydrogen-bond acceptors (Lipinski definition) is 5. The standard InChI is InChI=1S/C19H19ClO4S/c1-22-14-7-5-12(15(20)11-14)6-8-16(21)13-9-17(23-2)19(24-3)18(10-13)25-4/h5-11H,1-4H3/b8-6+. The minimum atomic E-state index is -0.150. The first-order chi connectivity index (χ1) is 12.0. The molecule has 0 saturated carbocycles. The lowest BCUT2D eigenvalue weighted by Crippen LogP contribution is -1.99. The lowest BCUT2D eigenvalue weighted by atomic mass is 10.1. The fraction of sp³-hybridized carbons (Fsp3) is 0.211. The van der Waals surface area contributed by atoms with Crippen molar-refractivity contribution in [2.24, 2.45) is 0 Å². The number of ether oxygens (including phenoxy) is 3. The van der Waals surface area contributed by atoms with E-state index in [1.165, 1.54) is 17.8 Å². The van der Waals surface area contributed by atoms with Gasteiger partial charge in [-0.25, -0.2) is 0 Å². The number of rotatable bonds is 7. The van der Waals surface area contributed by atoms with Crippen molar-refractivity contribution in [3.8, 4) is 17.2 Å². The molecular weight excluding hydrogens is 360 g/mol. The van der Waals surface area contributed by atoms with Crippen molar-refractivity contribution in [2.45, 2.75) is 4.90 Å². The summed E-state index contributed by atoms with van der Waals surface area (Å²) in [6, 6.07) is 8.74. The van der Waals surface area contributed by atoms with Gasteiger partial charge in [-0.1, -0.05) is 11.6 Å². The molecular formula is C19H19ClO4S. The highest BCUT2D eigenvalue weighted by atomic mass is 35.5. The van der Waals surface area contributed by atoms with E-state index >= 15 is 0 Å². The van der Waals surface area contributed by atoms with Crippen molar-refractivity contribution in [1.29, 1.82) is 0 Å². The van der Waals surface area contributed by atoms with Crippen LogP contribution in [0, 0.1) is 0 Å². The van der Waals surface area contributed by atoms with E-state index in [1.54, 1.807) is 57.7 Å². The highest BCUT2D eigenvalue weighted by Gasteiger charge is 2.14. The van der Waals surface area contributed by atoms with Gasteiger partial charge in [0, 0.05) is 5.56 Å². The first kappa shape index (κ1) is 19.2. The van der Waals surface area contributed by atoms with E-state index in [1.807, 2.05) is 6.26 Å². The van der Waals surface area contributed by atoms with E-state index in [0.717, 1.165) is 10.5 Å². The Morgan fingerprint density at radius 2 is 1.84 bits per heavy atom. The van der Waals surface area contributed by atoms with E-state index < -0.39 is 0 Å². The molecule has 0 N–H and O–H groups in total. The first-order valence-corrected chi connectivity index (χ1v) is 9.00. The summed E-state index contributed by atoms with van der Waals surface area (Å²) in [5, 5.41) is 0.514. The van der Waals surface area contributed by atoms with Crippen molar-refractivity contribution in [3.63, 3.8) is 0 Å². The monoisotopic (exact) mass is 378 g/mol. The van der Waals surface area contributed by atoms with Gasteiger partial charge < -0.3 is 14.2 Å². The summed E-state index contributed by atoms with van der Waals surface area (Å²) in [6.45, 7) is 0. The van der Waals surface area contributed by atoms with Gasteiger partial charge in [0.05, 0.1) is 31.2 Å². The molecule has 0 aromatic heterocycles. The molecule has 132 valence electrons. The maximum absolute atomic E-state index is 12.5. The van der Waals surface area contributed by atoms with Gasteiger partial charge in [0.15, 0.2) is 17.3 Å². The Morgan fingerprint density at radius 3 is 2.40 bits per heavy atom. The third-order valence-corrected chi connectivity index (χ3v) is 4.64. The summed E-state index contributed by atoms with van der Waals surface area (Å²) in [5.74, 6) is 1.66.